The van der Waals surface area contributed by atoms with Crippen LogP contribution in [0.25, 0.3) is 0 Å². The van der Waals surface area contributed by atoms with Crippen molar-refractivity contribution in [3.8, 4) is 11.5 Å². The van der Waals surface area contributed by atoms with E-state index in [-0.39, 0.29) is 11.8 Å². The zero-order valence-corrected chi connectivity index (χ0v) is 13.6. The maximum absolute atomic E-state index is 12.2. The minimum Gasteiger partial charge on any atom is -0.486 e. The maximum atomic E-state index is 12.2. The highest BCUT2D eigenvalue weighted by molar-refractivity contribution is 6.32. The molecule has 2 heterocycles. The molecule has 1 amide bonds. The van der Waals surface area contributed by atoms with Crippen molar-refractivity contribution in [3.05, 3.63) is 22.7 Å². The fourth-order valence-electron chi connectivity index (χ4n) is 2.86. The van der Waals surface area contributed by atoms with E-state index in [1.165, 1.54) is 0 Å². The van der Waals surface area contributed by atoms with Gasteiger partial charge in [-0.15, -0.1) is 0 Å². The molecule has 0 spiro atoms. The highest BCUT2D eigenvalue weighted by atomic mass is 35.5. The number of nitrogens with one attached hydrogen (secondary N) is 1. The van der Waals surface area contributed by atoms with Crippen molar-refractivity contribution in [1.82, 2.24) is 5.32 Å². The Morgan fingerprint density at radius 1 is 1.26 bits per heavy atom. The Morgan fingerprint density at radius 3 is 2.78 bits per heavy atom. The van der Waals surface area contributed by atoms with E-state index in [4.69, 9.17) is 31.5 Å². The van der Waals surface area contributed by atoms with Gasteiger partial charge < -0.3 is 25.3 Å². The van der Waals surface area contributed by atoms with E-state index >= 15 is 0 Å². The largest absolute Gasteiger partial charge is 0.486 e. The van der Waals surface area contributed by atoms with Crippen molar-refractivity contribution in [3.63, 3.8) is 0 Å². The first-order chi connectivity index (χ1) is 11.1. The van der Waals surface area contributed by atoms with E-state index in [9.17, 15) is 4.79 Å². The maximum Gasteiger partial charge on any atom is 0.237 e. The smallest absolute Gasteiger partial charge is 0.237 e. The highest BCUT2D eigenvalue weighted by Crippen LogP contribution is 2.38. The number of nitrogens with two attached hydrogens (primary N) is 1. The summed E-state index contributed by atoms with van der Waals surface area (Å²) in [5.41, 5.74) is 6.91. The summed E-state index contributed by atoms with van der Waals surface area (Å²) >= 11 is 6.19. The second-order valence-electron chi connectivity index (χ2n) is 5.80. The minimum absolute atomic E-state index is 0.150. The molecule has 1 atom stereocenters. The molecule has 1 unspecified atom stereocenters. The second-order valence-corrected chi connectivity index (χ2v) is 6.20. The summed E-state index contributed by atoms with van der Waals surface area (Å²) in [6.45, 7) is 2.68. The van der Waals surface area contributed by atoms with Crippen LogP contribution in [-0.2, 0) is 16.1 Å². The van der Waals surface area contributed by atoms with Crippen LogP contribution in [0.3, 0.4) is 0 Å². The van der Waals surface area contributed by atoms with Gasteiger partial charge in [0.1, 0.15) is 13.2 Å². The van der Waals surface area contributed by atoms with E-state index in [2.05, 4.69) is 5.32 Å². The standard InChI is InChI=1S/C16H21ClN2O4/c17-12-7-10(8-13-15(12)23-6-5-22-13)9-19-16(20)14(18)11-1-3-21-4-2-11/h7-8,11,14H,1-6,9,18H2,(H,19,20). The lowest BCUT2D eigenvalue weighted by atomic mass is 9.92. The molecule has 126 valence electrons. The number of rotatable bonds is 4. The molecule has 1 aromatic rings. The number of hydrogen-bond donors (Lipinski definition) is 2. The van der Waals surface area contributed by atoms with Crippen LogP contribution in [0.5, 0.6) is 11.5 Å². The lowest BCUT2D eigenvalue weighted by molar-refractivity contribution is -0.124. The molecule has 0 saturated carbocycles. The lowest BCUT2D eigenvalue weighted by Crippen LogP contribution is -2.46. The van der Waals surface area contributed by atoms with Gasteiger partial charge in [0, 0.05) is 19.8 Å². The van der Waals surface area contributed by atoms with Gasteiger partial charge in [-0.2, -0.15) is 0 Å². The van der Waals surface area contributed by atoms with E-state index in [1.54, 1.807) is 6.07 Å². The Hall–Kier alpha value is -1.50. The molecule has 7 heteroatoms. The van der Waals surface area contributed by atoms with Crippen LogP contribution in [0.15, 0.2) is 12.1 Å². The molecular weight excluding hydrogens is 320 g/mol. The van der Waals surface area contributed by atoms with Gasteiger partial charge in [-0.05, 0) is 36.5 Å². The Bertz CT molecular complexity index is 575. The van der Waals surface area contributed by atoms with E-state index < -0.39 is 6.04 Å². The molecule has 1 fully saturated rings. The summed E-state index contributed by atoms with van der Waals surface area (Å²) in [7, 11) is 0. The normalized spacial score (nSPS) is 19.2. The monoisotopic (exact) mass is 340 g/mol. The first-order valence-electron chi connectivity index (χ1n) is 7.84. The molecule has 0 radical (unpaired) electrons. The van der Waals surface area contributed by atoms with Gasteiger partial charge >= 0.3 is 0 Å². The predicted octanol–water partition coefficient (Wildman–Crippen LogP) is 1.48. The van der Waals surface area contributed by atoms with Crippen LogP contribution in [0.1, 0.15) is 18.4 Å². The predicted molar refractivity (Wildman–Crippen MR) is 85.8 cm³/mol. The van der Waals surface area contributed by atoms with Gasteiger partial charge in [0.25, 0.3) is 0 Å². The third kappa shape index (κ3) is 3.88. The molecule has 23 heavy (non-hydrogen) atoms. The van der Waals surface area contributed by atoms with E-state index in [0.717, 1.165) is 18.4 Å². The van der Waals surface area contributed by atoms with Crippen molar-refractivity contribution in [2.45, 2.75) is 25.4 Å². The molecule has 3 N–H and O–H groups in total. The zero-order chi connectivity index (χ0) is 16.2. The summed E-state index contributed by atoms with van der Waals surface area (Å²) < 4.78 is 16.3. The molecule has 2 aliphatic heterocycles. The molecule has 3 rings (SSSR count). The quantitative estimate of drug-likeness (QED) is 0.867. The number of carbonyl (C=O) groups excluding carboxylic acids is 1. The first-order valence-corrected chi connectivity index (χ1v) is 8.22. The molecule has 1 saturated heterocycles. The van der Waals surface area contributed by atoms with Gasteiger partial charge in [-0.25, -0.2) is 0 Å². The Morgan fingerprint density at radius 2 is 2.00 bits per heavy atom. The third-order valence-corrected chi connectivity index (χ3v) is 4.48. The Kier molecular flexibility index (Phi) is 5.25. The number of fused-ring (bicyclic) bond motifs is 1. The fraction of sp³-hybridized carbons (Fsp3) is 0.562. The molecule has 2 aliphatic rings. The number of carbonyl (C=O) groups is 1. The summed E-state index contributed by atoms with van der Waals surface area (Å²) in [5, 5.41) is 3.36. The minimum atomic E-state index is -0.508. The molecule has 0 aliphatic carbocycles. The second kappa shape index (κ2) is 7.38. The van der Waals surface area contributed by atoms with Crippen molar-refractivity contribution < 1.29 is 19.0 Å². The Labute approximate surface area is 140 Å². The van der Waals surface area contributed by atoms with Crippen LogP contribution in [0, 0.1) is 5.92 Å². The average Bonchev–Trinajstić information content (AvgIpc) is 2.60. The van der Waals surface area contributed by atoms with E-state index in [1.807, 2.05) is 6.07 Å². The summed E-state index contributed by atoms with van der Waals surface area (Å²) in [6, 6.07) is 3.10. The number of ether oxygens (including phenoxy) is 3. The van der Waals surface area contributed by atoms with Crippen LogP contribution in [0.4, 0.5) is 0 Å². The van der Waals surface area contributed by atoms with Crippen molar-refractivity contribution in [2.24, 2.45) is 11.7 Å². The van der Waals surface area contributed by atoms with Gasteiger partial charge in [-0.3, -0.25) is 4.79 Å². The summed E-state index contributed by atoms with van der Waals surface area (Å²) in [6.07, 6.45) is 1.65. The van der Waals surface area contributed by atoms with Gasteiger partial charge in [0.2, 0.25) is 5.91 Å². The number of hydrogen-bond acceptors (Lipinski definition) is 5. The molecule has 0 aromatic heterocycles. The Balaban J connectivity index is 1.59. The number of amides is 1. The average molecular weight is 341 g/mol. The van der Waals surface area contributed by atoms with Gasteiger partial charge in [0.15, 0.2) is 11.5 Å². The number of halogens is 1. The topological polar surface area (TPSA) is 82.8 Å². The SMILES string of the molecule is NC(C(=O)NCc1cc(Cl)c2c(c1)OCCO2)C1CCOCC1. The molecule has 6 nitrogen and oxygen atoms in total. The van der Waals surface area contributed by atoms with Crippen LogP contribution in [-0.4, -0.2) is 38.4 Å². The molecular formula is C16H21ClN2O4. The van der Waals surface area contributed by atoms with Crippen molar-refractivity contribution >= 4 is 17.5 Å². The first kappa shape index (κ1) is 16.4. The van der Waals surface area contributed by atoms with E-state index in [0.29, 0.717) is 49.5 Å². The van der Waals surface area contributed by atoms with Crippen LogP contribution >= 0.6 is 11.6 Å². The van der Waals surface area contributed by atoms with Crippen LogP contribution < -0.4 is 20.5 Å². The van der Waals surface area contributed by atoms with Gasteiger partial charge in [-0.1, -0.05) is 11.6 Å². The summed E-state index contributed by atoms with van der Waals surface area (Å²) in [5.74, 6) is 1.20. The highest BCUT2D eigenvalue weighted by Gasteiger charge is 2.26. The lowest BCUT2D eigenvalue weighted by Gasteiger charge is -2.26. The van der Waals surface area contributed by atoms with Crippen molar-refractivity contribution in [1.29, 1.82) is 0 Å². The van der Waals surface area contributed by atoms with Crippen molar-refractivity contribution in [2.75, 3.05) is 26.4 Å². The van der Waals surface area contributed by atoms with Gasteiger partial charge in [0.05, 0.1) is 11.1 Å². The molecule has 1 aromatic carbocycles. The number of benzene rings is 1. The fourth-order valence-corrected chi connectivity index (χ4v) is 3.15. The van der Waals surface area contributed by atoms with Crippen LogP contribution in [0.2, 0.25) is 5.02 Å². The third-order valence-electron chi connectivity index (χ3n) is 4.20. The molecule has 0 bridgehead atoms. The summed E-state index contributed by atoms with van der Waals surface area (Å²) in [4.78, 5) is 12.2. The zero-order valence-electron chi connectivity index (χ0n) is 12.8.